The average Bonchev–Trinajstić information content (AvgIpc) is 2.54. The van der Waals surface area contributed by atoms with Crippen molar-refractivity contribution in [3.63, 3.8) is 0 Å². The van der Waals surface area contributed by atoms with E-state index in [1.807, 2.05) is 4.90 Å². The van der Waals surface area contributed by atoms with Crippen LogP contribution in [-0.4, -0.2) is 30.5 Å². The van der Waals surface area contributed by atoms with Gasteiger partial charge in [-0.15, -0.1) is 0 Å². The number of hydrogen-bond acceptors (Lipinski definition) is 5. The van der Waals surface area contributed by atoms with E-state index in [4.69, 9.17) is 5.73 Å². The number of rotatable bonds is 2. The Morgan fingerprint density at radius 3 is 2.83 bits per heavy atom. The summed E-state index contributed by atoms with van der Waals surface area (Å²) in [6.07, 6.45) is 0.399. The summed E-state index contributed by atoms with van der Waals surface area (Å²) in [5, 5.41) is 13.4. The first-order valence-corrected chi connectivity index (χ1v) is 5.63. The van der Waals surface area contributed by atoms with Gasteiger partial charge in [0.25, 0.3) is 5.69 Å². The molecule has 1 aromatic rings. The molecule has 0 atom stereocenters. The van der Waals surface area contributed by atoms with Crippen LogP contribution in [0.25, 0.3) is 0 Å². The number of anilines is 2. The van der Waals surface area contributed by atoms with Gasteiger partial charge in [-0.05, 0) is 6.07 Å². The van der Waals surface area contributed by atoms with Crippen LogP contribution in [0.15, 0.2) is 18.2 Å². The van der Waals surface area contributed by atoms with Crippen LogP contribution in [0.5, 0.6) is 0 Å². The van der Waals surface area contributed by atoms with Gasteiger partial charge in [0, 0.05) is 38.2 Å². The molecule has 96 valence electrons. The van der Waals surface area contributed by atoms with Crippen molar-refractivity contribution in [2.75, 3.05) is 30.3 Å². The predicted molar refractivity (Wildman–Crippen MR) is 67.3 cm³/mol. The summed E-state index contributed by atoms with van der Waals surface area (Å²) in [4.78, 5) is 23.3. The highest BCUT2D eigenvalue weighted by Crippen LogP contribution is 2.27. The Morgan fingerprint density at radius 1 is 1.39 bits per heavy atom. The SMILES string of the molecule is Nc1cc([N+](=O)[O-])ccc1N1CCNC(=O)CC1. The Hall–Kier alpha value is -2.31. The lowest BCUT2D eigenvalue weighted by atomic mass is 10.2. The normalized spacial score (nSPS) is 16.0. The number of carbonyl (C=O) groups excluding carboxylic acids is 1. The first kappa shape index (κ1) is 12.2. The van der Waals surface area contributed by atoms with E-state index in [0.29, 0.717) is 31.7 Å². The van der Waals surface area contributed by atoms with E-state index >= 15 is 0 Å². The lowest BCUT2D eigenvalue weighted by molar-refractivity contribution is -0.384. The molecule has 1 heterocycles. The van der Waals surface area contributed by atoms with Crippen LogP contribution in [-0.2, 0) is 4.79 Å². The molecule has 0 aromatic heterocycles. The fourth-order valence-corrected chi connectivity index (χ4v) is 1.95. The van der Waals surface area contributed by atoms with Crippen molar-refractivity contribution < 1.29 is 9.72 Å². The summed E-state index contributed by atoms with van der Waals surface area (Å²) < 4.78 is 0. The van der Waals surface area contributed by atoms with Gasteiger partial charge in [0.15, 0.2) is 0 Å². The van der Waals surface area contributed by atoms with Crippen LogP contribution in [0.3, 0.4) is 0 Å². The van der Waals surface area contributed by atoms with Crippen LogP contribution >= 0.6 is 0 Å². The third-order valence-corrected chi connectivity index (χ3v) is 2.88. The van der Waals surface area contributed by atoms with Crippen LogP contribution in [0.1, 0.15) is 6.42 Å². The number of hydrogen-bond donors (Lipinski definition) is 2. The Morgan fingerprint density at radius 2 is 2.17 bits per heavy atom. The summed E-state index contributed by atoms with van der Waals surface area (Å²) in [5.74, 6) is 0.0120. The number of nitrogen functional groups attached to an aromatic ring is 1. The minimum Gasteiger partial charge on any atom is -0.397 e. The van der Waals surface area contributed by atoms with Gasteiger partial charge < -0.3 is 16.0 Å². The molecule has 3 N–H and O–H groups in total. The van der Waals surface area contributed by atoms with Crippen molar-refractivity contribution in [3.05, 3.63) is 28.3 Å². The average molecular weight is 250 g/mol. The summed E-state index contributed by atoms with van der Waals surface area (Å²) in [6.45, 7) is 1.76. The molecular weight excluding hydrogens is 236 g/mol. The van der Waals surface area contributed by atoms with Crippen molar-refractivity contribution >= 4 is 23.0 Å². The molecule has 1 aliphatic rings. The van der Waals surface area contributed by atoms with Gasteiger partial charge in [0.1, 0.15) is 0 Å². The van der Waals surface area contributed by atoms with Gasteiger partial charge in [-0.25, -0.2) is 0 Å². The van der Waals surface area contributed by atoms with Gasteiger partial charge in [-0.1, -0.05) is 0 Å². The first-order chi connectivity index (χ1) is 8.58. The topological polar surface area (TPSA) is 102 Å². The van der Waals surface area contributed by atoms with Gasteiger partial charge in [-0.2, -0.15) is 0 Å². The molecule has 1 fully saturated rings. The molecule has 0 unspecified atom stereocenters. The number of nitro benzene ring substituents is 1. The minimum absolute atomic E-state index is 0.0120. The van der Waals surface area contributed by atoms with Gasteiger partial charge in [-0.3, -0.25) is 14.9 Å². The summed E-state index contributed by atoms with van der Waals surface area (Å²) in [6, 6.07) is 4.39. The highest BCUT2D eigenvalue weighted by atomic mass is 16.6. The molecule has 0 aliphatic carbocycles. The van der Waals surface area contributed by atoms with Crippen molar-refractivity contribution in [2.24, 2.45) is 0 Å². The largest absolute Gasteiger partial charge is 0.397 e. The zero-order chi connectivity index (χ0) is 13.1. The molecule has 1 aromatic carbocycles. The minimum atomic E-state index is -0.479. The zero-order valence-corrected chi connectivity index (χ0v) is 9.76. The van der Waals surface area contributed by atoms with Gasteiger partial charge in [0.2, 0.25) is 5.91 Å². The van der Waals surface area contributed by atoms with Crippen molar-refractivity contribution in [1.82, 2.24) is 5.32 Å². The smallest absolute Gasteiger partial charge is 0.271 e. The van der Waals surface area contributed by atoms with E-state index in [2.05, 4.69) is 5.32 Å². The molecule has 7 heteroatoms. The van der Waals surface area contributed by atoms with Crippen LogP contribution < -0.4 is 16.0 Å². The van der Waals surface area contributed by atoms with E-state index in [1.54, 1.807) is 6.07 Å². The molecule has 0 saturated carbocycles. The van der Waals surface area contributed by atoms with Crippen molar-refractivity contribution in [3.8, 4) is 0 Å². The zero-order valence-electron chi connectivity index (χ0n) is 9.76. The number of nitrogens with zero attached hydrogens (tertiary/aromatic N) is 2. The van der Waals surface area contributed by atoms with Crippen LogP contribution in [0.2, 0.25) is 0 Å². The van der Waals surface area contributed by atoms with Gasteiger partial charge >= 0.3 is 0 Å². The van der Waals surface area contributed by atoms with E-state index in [0.717, 1.165) is 5.69 Å². The molecular formula is C11H14N4O3. The molecule has 0 radical (unpaired) electrons. The lowest BCUT2D eigenvalue weighted by Gasteiger charge is -2.23. The Balaban J connectivity index is 2.22. The summed E-state index contributed by atoms with van der Waals surface area (Å²) in [7, 11) is 0. The Kier molecular flexibility index (Phi) is 3.31. The maximum absolute atomic E-state index is 11.2. The number of carbonyl (C=O) groups is 1. The van der Waals surface area contributed by atoms with E-state index in [9.17, 15) is 14.9 Å². The first-order valence-electron chi connectivity index (χ1n) is 5.63. The maximum Gasteiger partial charge on any atom is 0.271 e. The standard InChI is InChI=1S/C11H14N4O3/c12-9-7-8(15(17)18)1-2-10(9)14-5-3-11(16)13-4-6-14/h1-2,7H,3-6,12H2,(H,13,16). The molecule has 18 heavy (non-hydrogen) atoms. The van der Waals surface area contributed by atoms with Crippen molar-refractivity contribution in [1.29, 1.82) is 0 Å². The summed E-state index contributed by atoms with van der Waals surface area (Å²) in [5.41, 5.74) is 6.89. The van der Waals surface area contributed by atoms with E-state index < -0.39 is 4.92 Å². The quantitative estimate of drug-likeness (QED) is 0.452. The lowest BCUT2D eigenvalue weighted by Crippen LogP contribution is -2.28. The molecule has 0 bridgehead atoms. The third-order valence-electron chi connectivity index (χ3n) is 2.88. The number of amides is 1. The molecule has 1 amide bonds. The number of nitrogens with one attached hydrogen (secondary N) is 1. The van der Waals surface area contributed by atoms with Crippen LogP contribution in [0.4, 0.5) is 17.1 Å². The van der Waals surface area contributed by atoms with Gasteiger partial charge in [0.05, 0.1) is 16.3 Å². The van der Waals surface area contributed by atoms with E-state index in [1.165, 1.54) is 12.1 Å². The Labute approximate surface area is 104 Å². The second kappa shape index (κ2) is 4.91. The number of nitrogens with two attached hydrogens (primary N) is 1. The van der Waals surface area contributed by atoms with E-state index in [-0.39, 0.29) is 11.6 Å². The van der Waals surface area contributed by atoms with Crippen LogP contribution in [0, 0.1) is 10.1 Å². The predicted octanol–water partition coefficient (Wildman–Crippen LogP) is 0.503. The molecule has 2 rings (SSSR count). The maximum atomic E-state index is 11.2. The number of nitro groups is 1. The second-order valence-electron chi connectivity index (χ2n) is 4.09. The fraction of sp³-hybridized carbons (Fsp3) is 0.364. The Bertz CT molecular complexity index is 489. The molecule has 0 spiro atoms. The number of non-ortho nitro benzene ring substituents is 1. The molecule has 1 saturated heterocycles. The fourth-order valence-electron chi connectivity index (χ4n) is 1.95. The number of benzene rings is 1. The highest BCUT2D eigenvalue weighted by molar-refractivity contribution is 5.78. The third kappa shape index (κ3) is 2.50. The molecule has 1 aliphatic heterocycles. The summed E-state index contributed by atoms with van der Waals surface area (Å²) >= 11 is 0. The highest BCUT2D eigenvalue weighted by Gasteiger charge is 2.17. The second-order valence-corrected chi connectivity index (χ2v) is 4.09. The monoisotopic (exact) mass is 250 g/mol. The van der Waals surface area contributed by atoms with Crippen molar-refractivity contribution in [2.45, 2.75) is 6.42 Å². The molecule has 7 nitrogen and oxygen atoms in total.